The Balaban J connectivity index is 1.75. The van der Waals surface area contributed by atoms with Crippen LogP contribution >= 0.6 is 0 Å². The fourth-order valence-corrected chi connectivity index (χ4v) is 3.09. The number of aliphatic carboxylic acids is 1. The number of carbonyl (C=O) groups is 1. The minimum atomic E-state index is -0.702. The number of oxazole rings is 1. The van der Waals surface area contributed by atoms with Gasteiger partial charge in [-0.2, -0.15) is 0 Å². The Kier molecular flexibility index (Phi) is 4.48. The fourth-order valence-electron chi connectivity index (χ4n) is 3.09. The molecule has 23 heavy (non-hydrogen) atoms. The predicted molar refractivity (Wildman–Crippen MR) is 87.0 cm³/mol. The number of hydrogen-bond donors (Lipinski definition) is 1. The average molecular weight is 314 g/mol. The van der Waals surface area contributed by atoms with Crippen molar-refractivity contribution in [1.82, 2.24) is 9.88 Å². The minimum Gasteiger partial charge on any atom is -0.481 e. The quantitative estimate of drug-likeness (QED) is 0.938. The fraction of sp³-hybridized carbons (Fsp3) is 0.444. The van der Waals surface area contributed by atoms with E-state index in [0.717, 1.165) is 36.4 Å². The van der Waals surface area contributed by atoms with E-state index < -0.39 is 5.97 Å². The maximum atomic E-state index is 11.2. The second-order valence-electron chi connectivity index (χ2n) is 6.30. The lowest BCUT2D eigenvalue weighted by Gasteiger charge is -2.29. The van der Waals surface area contributed by atoms with E-state index in [4.69, 9.17) is 4.42 Å². The maximum Gasteiger partial charge on any atom is 0.307 e. The van der Waals surface area contributed by atoms with Crippen molar-refractivity contribution in [2.24, 2.45) is 5.92 Å². The van der Waals surface area contributed by atoms with E-state index >= 15 is 0 Å². The number of carboxylic acid groups (broad SMARTS) is 1. The van der Waals surface area contributed by atoms with Gasteiger partial charge in [0.25, 0.3) is 0 Å². The molecule has 0 saturated carbocycles. The summed E-state index contributed by atoms with van der Waals surface area (Å²) in [6, 6.07) is 8.08. The molecule has 1 saturated heterocycles. The number of rotatable bonds is 4. The molecular weight excluding hydrogens is 292 g/mol. The molecule has 5 nitrogen and oxygen atoms in total. The monoisotopic (exact) mass is 314 g/mol. The summed E-state index contributed by atoms with van der Waals surface area (Å²) in [5.74, 6) is 0.464. The zero-order valence-corrected chi connectivity index (χ0v) is 13.6. The Morgan fingerprint density at radius 1 is 1.43 bits per heavy atom. The van der Waals surface area contributed by atoms with Gasteiger partial charge in [0.05, 0.1) is 11.6 Å². The zero-order valence-electron chi connectivity index (χ0n) is 13.6. The number of benzene rings is 1. The summed E-state index contributed by atoms with van der Waals surface area (Å²) in [7, 11) is 0. The molecule has 1 aliphatic heterocycles. The first-order valence-corrected chi connectivity index (χ1v) is 8.01. The molecule has 2 heterocycles. The Morgan fingerprint density at radius 3 is 3.00 bits per heavy atom. The van der Waals surface area contributed by atoms with Gasteiger partial charge < -0.3 is 9.52 Å². The van der Waals surface area contributed by atoms with Gasteiger partial charge in [-0.1, -0.05) is 17.7 Å². The van der Waals surface area contributed by atoms with Crippen molar-refractivity contribution in [1.29, 1.82) is 0 Å². The van der Waals surface area contributed by atoms with Crippen molar-refractivity contribution in [2.45, 2.75) is 33.2 Å². The van der Waals surface area contributed by atoms with E-state index in [9.17, 15) is 9.90 Å². The molecular formula is C18H22N2O3. The van der Waals surface area contributed by atoms with Crippen LogP contribution in [0.15, 0.2) is 28.7 Å². The summed E-state index contributed by atoms with van der Waals surface area (Å²) >= 11 is 0. The molecule has 1 aromatic heterocycles. The zero-order chi connectivity index (χ0) is 16.4. The van der Waals surface area contributed by atoms with E-state index in [0.29, 0.717) is 19.0 Å². The van der Waals surface area contributed by atoms with Crippen LogP contribution in [0.4, 0.5) is 0 Å². The highest BCUT2D eigenvalue weighted by molar-refractivity contribution is 5.70. The van der Waals surface area contributed by atoms with Crippen LogP contribution in [0.25, 0.3) is 11.5 Å². The molecule has 5 heteroatoms. The highest BCUT2D eigenvalue weighted by atomic mass is 16.4. The van der Waals surface area contributed by atoms with Crippen LogP contribution in [0, 0.1) is 19.8 Å². The Bertz CT molecular complexity index is 708. The maximum absolute atomic E-state index is 11.2. The smallest absolute Gasteiger partial charge is 0.307 e. The van der Waals surface area contributed by atoms with E-state index in [1.165, 1.54) is 5.56 Å². The summed E-state index contributed by atoms with van der Waals surface area (Å²) in [5, 5.41) is 9.19. The first-order chi connectivity index (χ1) is 11.0. The van der Waals surface area contributed by atoms with E-state index in [-0.39, 0.29) is 5.92 Å². The van der Waals surface area contributed by atoms with Gasteiger partial charge in [0.1, 0.15) is 5.76 Å². The van der Waals surface area contributed by atoms with Crippen molar-refractivity contribution in [3.63, 3.8) is 0 Å². The van der Waals surface area contributed by atoms with Gasteiger partial charge in [-0.05, 0) is 45.4 Å². The summed E-state index contributed by atoms with van der Waals surface area (Å²) < 4.78 is 5.82. The Labute approximate surface area is 135 Å². The second kappa shape index (κ2) is 6.54. The van der Waals surface area contributed by atoms with Crippen LogP contribution < -0.4 is 0 Å². The molecule has 0 bridgehead atoms. The lowest BCUT2D eigenvalue weighted by atomic mass is 9.98. The van der Waals surface area contributed by atoms with Crippen molar-refractivity contribution in [3.8, 4) is 11.5 Å². The molecule has 1 N–H and O–H groups in total. The minimum absolute atomic E-state index is 0.271. The molecule has 1 aliphatic rings. The van der Waals surface area contributed by atoms with E-state index in [1.807, 2.05) is 32.0 Å². The molecule has 1 aromatic carbocycles. The summed E-state index contributed by atoms with van der Waals surface area (Å²) in [5.41, 5.74) is 3.04. The topological polar surface area (TPSA) is 66.6 Å². The molecule has 3 rings (SSSR count). The number of piperidine rings is 1. The first kappa shape index (κ1) is 15.7. The van der Waals surface area contributed by atoms with Crippen LogP contribution in [-0.4, -0.2) is 34.0 Å². The van der Waals surface area contributed by atoms with E-state index in [1.54, 1.807) is 0 Å². The van der Waals surface area contributed by atoms with Gasteiger partial charge in [0, 0.05) is 18.7 Å². The standard InChI is InChI=1S/C18H22N2O3/c1-12-5-3-6-14(9-12)17-19-16(13(2)23-17)11-20-8-4-7-15(10-20)18(21)22/h3,5-6,9,15H,4,7-8,10-11H2,1-2H3,(H,21,22)/t15-/m1/s1. The third-order valence-corrected chi connectivity index (χ3v) is 4.39. The van der Waals surface area contributed by atoms with Crippen molar-refractivity contribution in [3.05, 3.63) is 41.3 Å². The summed E-state index contributed by atoms with van der Waals surface area (Å²) in [6.07, 6.45) is 1.68. The number of nitrogens with zero attached hydrogens (tertiary/aromatic N) is 2. The molecule has 0 spiro atoms. The van der Waals surface area contributed by atoms with Crippen LogP contribution in [-0.2, 0) is 11.3 Å². The molecule has 0 radical (unpaired) electrons. The Hall–Kier alpha value is -2.14. The number of hydrogen-bond acceptors (Lipinski definition) is 4. The summed E-state index contributed by atoms with van der Waals surface area (Å²) in [4.78, 5) is 18.0. The number of aromatic nitrogens is 1. The number of carboxylic acids is 1. The highest BCUT2D eigenvalue weighted by Gasteiger charge is 2.26. The Morgan fingerprint density at radius 2 is 2.26 bits per heavy atom. The first-order valence-electron chi connectivity index (χ1n) is 8.01. The van der Waals surface area contributed by atoms with Gasteiger partial charge in [-0.3, -0.25) is 9.69 Å². The normalized spacial score (nSPS) is 19.0. The molecule has 1 atom stereocenters. The van der Waals surface area contributed by atoms with Crippen molar-refractivity contribution >= 4 is 5.97 Å². The molecule has 1 fully saturated rings. The van der Waals surface area contributed by atoms with Crippen LogP contribution in [0.1, 0.15) is 29.9 Å². The van der Waals surface area contributed by atoms with Gasteiger partial charge in [-0.15, -0.1) is 0 Å². The SMILES string of the molecule is Cc1cccc(-c2nc(CN3CCC[C@@H](C(=O)O)C3)c(C)o2)c1. The van der Waals surface area contributed by atoms with Gasteiger partial charge in [0.15, 0.2) is 0 Å². The van der Waals surface area contributed by atoms with E-state index in [2.05, 4.69) is 16.0 Å². The predicted octanol–water partition coefficient (Wildman–Crippen LogP) is 3.26. The van der Waals surface area contributed by atoms with Crippen LogP contribution in [0.5, 0.6) is 0 Å². The molecule has 0 aliphatic carbocycles. The largest absolute Gasteiger partial charge is 0.481 e. The number of aryl methyl sites for hydroxylation is 2. The van der Waals surface area contributed by atoms with Gasteiger partial charge in [-0.25, -0.2) is 4.98 Å². The highest BCUT2D eigenvalue weighted by Crippen LogP contribution is 2.25. The van der Waals surface area contributed by atoms with Crippen LogP contribution in [0.2, 0.25) is 0 Å². The van der Waals surface area contributed by atoms with Gasteiger partial charge in [0.2, 0.25) is 5.89 Å². The van der Waals surface area contributed by atoms with Crippen molar-refractivity contribution < 1.29 is 14.3 Å². The molecule has 2 aromatic rings. The van der Waals surface area contributed by atoms with Crippen molar-refractivity contribution in [2.75, 3.05) is 13.1 Å². The number of likely N-dealkylation sites (tertiary alicyclic amines) is 1. The summed E-state index contributed by atoms with van der Waals surface area (Å²) in [6.45, 7) is 6.10. The second-order valence-corrected chi connectivity index (χ2v) is 6.30. The van der Waals surface area contributed by atoms with Gasteiger partial charge >= 0.3 is 5.97 Å². The molecule has 122 valence electrons. The third kappa shape index (κ3) is 3.62. The average Bonchev–Trinajstić information content (AvgIpc) is 2.89. The lowest BCUT2D eigenvalue weighted by Crippen LogP contribution is -2.38. The van der Waals surface area contributed by atoms with Crippen LogP contribution in [0.3, 0.4) is 0 Å². The molecule has 0 unspecified atom stereocenters. The third-order valence-electron chi connectivity index (χ3n) is 4.39. The lowest BCUT2D eigenvalue weighted by molar-refractivity contribution is -0.143. The molecule has 0 amide bonds.